The van der Waals surface area contributed by atoms with E-state index in [0.717, 1.165) is 12.3 Å². The molecular weight excluding hydrogens is 284 g/mol. The summed E-state index contributed by atoms with van der Waals surface area (Å²) in [5.74, 6) is -1.88. The third kappa shape index (κ3) is 5.03. The van der Waals surface area contributed by atoms with E-state index in [9.17, 15) is 19.7 Å². The molecule has 0 fully saturated rings. The lowest BCUT2D eigenvalue weighted by Crippen LogP contribution is -2.32. The first-order chi connectivity index (χ1) is 9.95. The van der Waals surface area contributed by atoms with Gasteiger partial charge >= 0.3 is 5.97 Å². The minimum Gasteiger partial charge on any atom is -0.478 e. The fraction of sp³-hybridized carbons (Fsp3) is 0.364. The molecule has 0 aliphatic carbocycles. The predicted octanol–water partition coefficient (Wildman–Crippen LogP) is -0.137. The van der Waals surface area contributed by atoms with Gasteiger partial charge in [-0.05, 0) is 0 Å². The van der Waals surface area contributed by atoms with Crippen molar-refractivity contribution < 1.29 is 24.4 Å². The van der Waals surface area contributed by atoms with E-state index in [1.807, 2.05) is 0 Å². The molecule has 10 nitrogen and oxygen atoms in total. The number of carboxylic acids is 1. The Morgan fingerprint density at radius 1 is 1.52 bits per heavy atom. The van der Waals surface area contributed by atoms with E-state index in [-0.39, 0.29) is 23.8 Å². The molecule has 0 radical (unpaired) electrons. The van der Waals surface area contributed by atoms with Gasteiger partial charge in [0, 0.05) is 19.7 Å². The first-order valence-corrected chi connectivity index (χ1v) is 5.83. The standard InChI is InChI=1S/C11H14N4O6/c1-21-3-2-12-9(16)6-14-10-8(11(17)18)4-7(5-13-10)15(19)20/h4-5H,2-3,6H2,1H3,(H,12,16)(H,13,14)(H,17,18). The van der Waals surface area contributed by atoms with Crippen LogP contribution in [0.15, 0.2) is 12.3 Å². The quantitative estimate of drug-likeness (QED) is 0.342. The summed E-state index contributed by atoms with van der Waals surface area (Å²) >= 11 is 0. The second kappa shape index (κ2) is 7.75. The largest absolute Gasteiger partial charge is 0.478 e. The summed E-state index contributed by atoms with van der Waals surface area (Å²) in [6.45, 7) is 0.452. The number of amides is 1. The molecular formula is C11H14N4O6. The van der Waals surface area contributed by atoms with Gasteiger partial charge in [0.15, 0.2) is 0 Å². The van der Waals surface area contributed by atoms with Crippen molar-refractivity contribution in [3.63, 3.8) is 0 Å². The third-order valence-corrected chi connectivity index (χ3v) is 2.36. The molecule has 21 heavy (non-hydrogen) atoms. The molecule has 0 aliphatic rings. The van der Waals surface area contributed by atoms with Gasteiger partial charge in [-0.1, -0.05) is 0 Å². The van der Waals surface area contributed by atoms with Crippen molar-refractivity contribution in [1.82, 2.24) is 10.3 Å². The molecule has 0 saturated heterocycles. The molecule has 0 atom stereocenters. The number of pyridine rings is 1. The predicted molar refractivity (Wildman–Crippen MR) is 71.2 cm³/mol. The fourth-order valence-corrected chi connectivity index (χ4v) is 1.38. The zero-order chi connectivity index (χ0) is 15.8. The second-order valence-corrected chi connectivity index (χ2v) is 3.85. The number of aromatic carboxylic acids is 1. The zero-order valence-corrected chi connectivity index (χ0v) is 11.2. The van der Waals surface area contributed by atoms with Crippen LogP contribution in [0.25, 0.3) is 0 Å². The van der Waals surface area contributed by atoms with Crippen LogP contribution >= 0.6 is 0 Å². The number of carbonyl (C=O) groups excluding carboxylic acids is 1. The molecule has 3 N–H and O–H groups in total. The topological polar surface area (TPSA) is 144 Å². The van der Waals surface area contributed by atoms with E-state index in [1.165, 1.54) is 7.11 Å². The van der Waals surface area contributed by atoms with Crippen molar-refractivity contribution in [2.24, 2.45) is 0 Å². The number of ether oxygens (including phenoxy) is 1. The van der Waals surface area contributed by atoms with E-state index in [0.29, 0.717) is 13.2 Å². The lowest BCUT2D eigenvalue weighted by molar-refractivity contribution is -0.385. The normalized spacial score (nSPS) is 9.95. The lowest BCUT2D eigenvalue weighted by atomic mass is 10.2. The van der Waals surface area contributed by atoms with Crippen LogP contribution < -0.4 is 10.6 Å². The van der Waals surface area contributed by atoms with Crippen molar-refractivity contribution in [3.05, 3.63) is 27.9 Å². The SMILES string of the molecule is COCCNC(=O)CNc1ncc([N+](=O)[O-])cc1C(=O)O. The van der Waals surface area contributed by atoms with Gasteiger partial charge in [0.2, 0.25) is 5.91 Å². The van der Waals surface area contributed by atoms with Gasteiger partial charge in [-0.15, -0.1) is 0 Å². The van der Waals surface area contributed by atoms with Crippen LogP contribution in [0.2, 0.25) is 0 Å². The smallest absolute Gasteiger partial charge is 0.339 e. The first kappa shape index (κ1) is 16.3. The van der Waals surface area contributed by atoms with Crippen LogP contribution in [0.1, 0.15) is 10.4 Å². The van der Waals surface area contributed by atoms with Crippen LogP contribution in [0, 0.1) is 10.1 Å². The molecule has 114 valence electrons. The second-order valence-electron chi connectivity index (χ2n) is 3.85. The average molecular weight is 298 g/mol. The highest BCUT2D eigenvalue weighted by Crippen LogP contribution is 2.18. The number of carbonyl (C=O) groups is 2. The maximum absolute atomic E-state index is 11.4. The molecule has 0 aromatic carbocycles. The highest BCUT2D eigenvalue weighted by atomic mass is 16.6. The Labute approximate surface area is 119 Å². The van der Waals surface area contributed by atoms with Gasteiger partial charge in [0.05, 0.1) is 18.1 Å². The summed E-state index contributed by atoms with van der Waals surface area (Å²) < 4.78 is 4.75. The summed E-state index contributed by atoms with van der Waals surface area (Å²) in [6.07, 6.45) is 0.914. The third-order valence-electron chi connectivity index (χ3n) is 2.36. The highest BCUT2D eigenvalue weighted by Gasteiger charge is 2.17. The van der Waals surface area contributed by atoms with Gasteiger partial charge in [0.25, 0.3) is 5.69 Å². The number of nitrogens with zero attached hydrogens (tertiary/aromatic N) is 2. The number of rotatable bonds is 8. The number of methoxy groups -OCH3 is 1. The number of anilines is 1. The van der Waals surface area contributed by atoms with Crippen molar-refractivity contribution in [2.75, 3.05) is 32.1 Å². The number of carboxylic acid groups (broad SMARTS) is 1. The number of aromatic nitrogens is 1. The zero-order valence-electron chi connectivity index (χ0n) is 11.2. The number of hydrogen-bond acceptors (Lipinski definition) is 7. The van der Waals surface area contributed by atoms with Crippen LogP contribution in [-0.4, -0.2) is 53.7 Å². The Bertz CT molecular complexity index is 548. The minimum atomic E-state index is -1.38. The summed E-state index contributed by atoms with van der Waals surface area (Å²) in [5.41, 5.74) is -0.823. The molecule has 0 saturated carbocycles. The number of nitrogens with one attached hydrogen (secondary N) is 2. The Hall–Kier alpha value is -2.75. The summed E-state index contributed by atoms with van der Waals surface area (Å²) in [4.78, 5) is 35.9. The van der Waals surface area contributed by atoms with Crippen molar-refractivity contribution in [1.29, 1.82) is 0 Å². The van der Waals surface area contributed by atoms with Gasteiger partial charge in [0.1, 0.15) is 17.6 Å². The van der Waals surface area contributed by atoms with Gasteiger partial charge in [-0.2, -0.15) is 0 Å². The summed E-state index contributed by atoms with van der Waals surface area (Å²) in [5, 5.41) is 24.6. The number of hydrogen-bond donors (Lipinski definition) is 3. The lowest BCUT2D eigenvalue weighted by Gasteiger charge is -2.08. The van der Waals surface area contributed by atoms with Gasteiger partial charge in [-0.25, -0.2) is 9.78 Å². The molecule has 1 amide bonds. The van der Waals surface area contributed by atoms with E-state index in [2.05, 4.69) is 15.6 Å². The van der Waals surface area contributed by atoms with Crippen LogP contribution in [-0.2, 0) is 9.53 Å². The summed E-state index contributed by atoms with van der Waals surface area (Å²) in [6, 6.07) is 0.875. The molecule has 1 rings (SSSR count). The minimum absolute atomic E-state index is 0.116. The van der Waals surface area contributed by atoms with Gasteiger partial charge in [-0.3, -0.25) is 14.9 Å². The molecule has 1 heterocycles. The van der Waals surface area contributed by atoms with E-state index >= 15 is 0 Å². The first-order valence-electron chi connectivity index (χ1n) is 5.83. The molecule has 0 spiro atoms. The van der Waals surface area contributed by atoms with Crippen LogP contribution in [0.4, 0.5) is 11.5 Å². The maximum Gasteiger partial charge on any atom is 0.339 e. The summed E-state index contributed by atoms with van der Waals surface area (Å²) in [7, 11) is 1.49. The Kier molecular flexibility index (Phi) is 6.01. The van der Waals surface area contributed by atoms with Gasteiger partial charge < -0.3 is 20.5 Å². The van der Waals surface area contributed by atoms with E-state index in [1.54, 1.807) is 0 Å². The van der Waals surface area contributed by atoms with E-state index < -0.39 is 16.6 Å². The highest BCUT2D eigenvalue weighted by molar-refractivity contribution is 5.94. The molecule has 0 unspecified atom stereocenters. The fourth-order valence-electron chi connectivity index (χ4n) is 1.38. The van der Waals surface area contributed by atoms with Crippen molar-refractivity contribution >= 4 is 23.4 Å². The molecule has 0 bridgehead atoms. The Morgan fingerprint density at radius 2 is 2.24 bits per heavy atom. The molecule has 10 heteroatoms. The van der Waals surface area contributed by atoms with Crippen LogP contribution in [0.3, 0.4) is 0 Å². The molecule has 0 aliphatic heterocycles. The van der Waals surface area contributed by atoms with Crippen LogP contribution in [0.5, 0.6) is 0 Å². The van der Waals surface area contributed by atoms with Crippen molar-refractivity contribution in [2.45, 2.75) is 0 Å². The monoisotopic (exact) mass is 298 g/mol. The number of nitro groups is 1. The average Bonchev–Trinajstić information content (AvgIpc) is 2.45. The molecule has 1 aromatic heterocycles. The Morgan fingerprint density at radius 3 is 2.81 bits per heavy atom. The molecule has 1 aromatic rings. The van der Waals surface area contributed by atoms with E-state index in [4.69, 9.17) is 9.84 Å². The van der Waals surface area contributed by atoms with Crippen molar-refractivity contribution in [3.8, 4) is 0 Å². The Balaban J connectivity index is 2.72. The maximum atomic E-state index is 11.4.